The second-order valence-electron chi connectivity index (χ2n) is 3.84. The lowest BCUT2D eigenvalue weighted by Crippen LogP contribution is -2.36. The third kappa shape index (κ3) is 2.96. The fraction of sp³-hybridized carbons (Fsp3) is 0.333. The Kier molecular flexibility index (Phi) is 3.59. The Morgan fingerprint density at radius 3 is 2.76 bits per heavy atom. The highest BCUT2D eigenvalue weighted by atomic mass is 16.2. The minimum Gasteiger partial charge on any atom is -0.350 e. The summed E-state index contributed by atoms with van der Waals surface area (Å²) in [6.07, 6.45) is 0. The van der Waals surface area contributed by atoms with Crippen molar-refractivity contribution in [3.05, 3.63) is 35.9 Å². The SMILES string of the molecule is O=C(NCCN1CCNC1=O)c1ccccc1. The largest absolute Gasteiger partial charge is 0.350 e. The van der Waals surface area contributed by atoms with Gasteiger partial charge in [-0.15, -0.1) is 0 Å². The van der Waals surface area contributed by atoms with Gasteiger partial charge in [0.05, 0.1) is 0 Å². The number of hydrogen-bond donors (Lipinski definition) is 2. The van der Waals surface area contributed by atoms with E-state index < -0.39 is 0 Å². The fourth-order valence-corrected chi connectivity index (χ4v) is 1.72. The van der Waals surface area contributed by atoms with Crippen LogP contribution in [0.2, 0.25) is 0 Å². The molecule has 2 N–H and O–H groups in total. The zero-order valence-corrected chi connectivity index (χ0v) is 9.48. The van der Waals surface area contributed by atoms with Gasteiger partial charge in [-0.3, -0.25) is 4.79 Å². The van der Waals surface area contributed by atoms with Gasteiger partial charge >= 0.3 is 6.03 Å². The Labute approximate surface area is 99.8 Å². The molecule has 1 heterocycles. The molecule has 0 bridgehead atoms. The van der Waals surface area contributed by atoms with Gasteiger partial charge in [0.25, 0.3) is 5.91 Å². The maximum atomic E-state index is 11.7. The first-order chi connectivity index (χ1) is 8.27. The van der Waals surface area contributed by atoms with Crippen LogP contribution in [0.1, 0.15) is 10.4 Å². The summed E-state index contributed by atoms with van der Waals surface area (Å²) < 4.78 is 0. The average molecular weight is 233 g/mol. The van der Waals surface area contributed by atoms with Gasteiger partial charge in [0.1, 0.15) is 0 Å². The van der Waals surface area contributed by atoms with Crippen LogP contribution < -0.4 is 10.6 Å². The Hall–Kier alpha value is -2.04. The Bertz CT molecular complexity index is 405. The van der Waals surface area contributed by atoms with Crippen LogP contribution >= 0.6 is 0 Å². The highest BCUT2D eigenvalue weighted by Gasteiger charge is 2.18. The van der Waals surface area contributed by atoms with Crippen molar-refractivity contribution in [2.24, 2.45) is 0 Å². The Morgan fingerprint density at radius 2 is 2.12 bits per heavy atom. The summed E-state index contributed by atoms with van der Waals surface area (Å²) in [6.45, 7) is 2.41. The van der Waals surface area contributed by atoms with E-state index >= 15 is 0 Å². The standard InChI is InChI=1S/C12H15N3O2/c16-11(10-4-2-1-3-5-10)13-6-8-15-9-7-14-12(15)17/h1-5H,6-9H2,(H,13,16)(H,14,17). The summed E-state index contributed by atoms with van der Waals surface area (Å²) >= 11 is 0. The molecule has 1 aromatic rings. The number of hydrogen-bond acceptors (Lipinski definition) is 2. The molecular weight excluding hydrogens is 218 g/mol. The highest BCUT2D eigenvalue weighted by molar-refractivity contribution is 5.94. The molecule has 0 spiro atoms. The summed E-state index contributed by atoms with van der Waals surface area (Å²) in [6, 6.07) is 8.98. The van der Waals surface area contributed by atoms with Crippen molar-refractivity contribution >= 4 is 11.9 Å². The summed E-state index contributed by atoms with van der Waals surface area (Å²) in [7, 11) is 0. The Morgan fingerprint density at radius 1 is 1.35 bits per heavy atom. The fourth-order valence-electron chi connectivity index (χ4n) is 1.72. The van der Waals surface area contributed by atoms with Gasteiger partial charge in [-0.05, 0) is 12.1 Å². The van der Waals surface area contributed by atoms with E-state index in [0.717, 1.165) is 0 Å². The smallest absolute Gasteiger partial charge is 0.317 e. The van der Waals surface area contributed by atoms with Crippen LogP contribution in [-0.2, 0) is 0 Å². The molecule has 1 fully saturated rings. The second-order valence-corrected chi connectivity index (χ2v) is 3.84. The molecule has 0 saturated carbocycles. The maximum absolute atomic E-state index is 11.7. The van der Waals surface area contributed by atoms with Crippen molar-refractivity contribution in [2.45, 2.75) is 0 Å². The van der Waals surface area contributed by atoms with Crippen molar-refractivity contribution < 1.29 is 9.59 Å². The molecule has 5 nitrogen and oxygen atoms in total. The number of benzene rings is 1. The first-order valence-corrected chi connectivity index (χ1v) is 5.63. The third-order valence-electron chi connectivity index (χ3n) is 2.65. The van der Waals surface area contributed by atoms with E-state index in [4.69, 9.17) is 0 Å². The summed E-state index contributed by atoms with van der Waals surface area (Å²) in [5, 5.41) is 5.50. The lowest BCUT2D eigenvalue weighted by molar-refractivity contribution is 0.0950. The van der Waals surface area contributed by atoms with Crippen molar-refractivity contribution in [3.8, 4) is 0 Å². The van der Waals surface area contributed by atoms with Gasteiger partial charge in [-0.1, -0.05) is 18.2 Å². The van der Waals surface area contributed by atoms with E-state index in [2.05, 4.69) is 10.6 Å². The molecule has 5 heteroatoms. The van der Waals surface area contributed by atoms with E-state index in [1.54, 1.807) is 17.0 Å². The van der Waals surface area contributed by atoms with Crippen LogP contribution in [0.25, 0.3) is 0 Å². The summed E-state index contributed by atoms with van der Waals surface area (Å²) in [4.78, 5) is 24.6. The van der Waals surface area contributed by atoms with E-state index in [1.807, 2.05) is 18.2 Å². The number of amides is 3. The van der Waals surface area contributed by atoms with Gasteiger partial charge < -0.3 is 15.5 Å². The molecule has 1 aliphatic rings. The topological polar surface area (TPSA) is 61.4 Å². The van der Waals surface area contributed by atoms with Gasteiger partial charge in [0, 0.05) is 31.7 Å². The number of nitrogens with zero attached hydrogens (tertiary/aromatic N) is 1. The normalized spacial score (nSPS) is 14.6. The van der Waals surface area contributed by atoms with Gasteiger partial charge in [0.2, 0.25) is 0 Å². The first-order valence-electron chi connectivity index (χ1n) is 5.63. The van der Waals surface area contributed by atoms with Crippen LogP contribution in [0.5, 0.6) is 0 Å². The van der Waals surface area contributed by atoms with E-state index in [9.17, 15) is 9.59 Å². The molecule has 0 unspecified atom stereocenters. The molecule has 2 rings (SSSR count). The minimum absolute atomic E-state index is 0.0565. The predicted octanol–water partition coefficient (Wildman–Crippen LogP) is 0.442. The molecule has 3 amide bonds. The third-order valence-corrected chi connectivity index (χ3v) is 2.65. The molecule has 0 aromatic heterocycles. The summed E-state index contributed by atoms with van der Waals surface area (Å²) in [5.41, 5.74) is 0.637. The second kappa shape index (κ2) is 5.34. The van der Waals surface area contributed by atoms with Crippen molar-refractivity contribution in [1.82, 2.24) is 15.5 Å². The van der Waals surface area contributed by atoms with E-state index in [0.29, 0.717) is 31.7 Å². The minimum atomic E-state index is -0.106. The quantitative estimate of drug-likeness (QED) is 0.792. The molecule has 1 saturated heterocycles. The number of nitrogens with one attached hydrogen (secondary N) is 2. The molecule has 0 aliphatic carbocycles. The van der Waals surface area contributed by atoms with Crippen molar-refractivity contribution in [3.63, 3.8) is 0 Å². The van der Waals surface area contributed by atoms with Gasteiger partial charge in [0.15, 0.2) is 0 Å². The first kappa shape index (κ1) is 11.4. The van der Waals surface area contributed by atoms with Gasteiger partial charge in [-0.25, -0.2) is 4.79 Å². The zero-order chi connectivity index (χ0) is 12.1. The van der Waals surface area contributed by atoms with Crippen molar-refractivity contribution in [2.75, 3.05) is 26.2 Å². The number of carbonyl (C=O) groups excluding carboxylic acids is 2. The lowest BCUT2D eigenvalue weighted by Gasteiger charge is -2.14. The van der Waals surface area contributed by atoms with Crippen LogP contribution in [-0.4, -0.2) is 43.0 Å². The monoisotopic (exact) mass is 233 g/mol. The van der Waals surface area contributed by atoms with Crippen LogP contribution in [0.15, 0.2) is 30.3 Å². The molecule has 17 heavy (non-hydrogen) atoms. The van der Waals surface area contributed by atoms with Crippen LogP contribution in [0, 0.1) is 0 Å². The number of rotatable bonds is 4. The predicted molar refractivity (Wildman–Crippen MR) is 63.7 cm³/mol. The average Bonchev–Trinajstić information content (AvgIpc) is 2.76. The molecular formula is C12H15N3O2. The molecule has 0 atom stereocenters. The summed E-state index contributed by atoms with van der Waals surface area (Å²) in [5.74, 6) is -0.106. The highest BCUT2D eigenvalue weighted by Crippen LogP contribution is 1.98. The lowest BCUT2D eigenvalue weighted by atomic mass is 10.2. The van der Waals surface area contributed by atoms with Crippen molar-refractivity contribution in [1.29, 1.82) is 0 Å². The number of urea groups is 1. The van der Waals surface area contributed by atoms with E-state index in [-0.39, 0.29) is 11.9 Å². The zero-order valence-electron chi connectivity index (χ0n) is 9.48. The Balaban J connectivity index is 1.75. The molecule has 1 aliphatic heterocycles. The number of carbonyl (C=O) groups is 2. The van der Waals surface area contributed by atoms with Gasteiger partial charge in [-0.2, -0.15) is 0 Å². The van der Waals surface area contributed by atoms with Crippen LogP contribution in [0.4, 0.5) is 4.79 Å². The molecule has 1 aromatic carbocycles. The van der Waals surface area contributed by atoms with E-state index in [1.165, 1.54) is 0 Å². The molecule has 0 radical (unpaired) electrons. The van der Waals surface area contributed by atoms with Crippen LogP contribution in [0.3, 0.4) is 0 Å². The maximum Gasteiger partial charge on any atom is 0.317 e. The molecule has 90 valence electrons.